The Morgan fingerprint density at radius 3 is 0.839 bits per heavy atom. The third-order valence-electron chi connectivity index (χ3n) is 12.2. The van der Waals surface area contributed by atoms with Gasteiger partial charge in [0.2, 0.25) is 0 Å². The van der Waals surface area contributed by atoms with Crippen LogP contribution in [0.15, 0.2) is 66.8 Å². The molecule has 1 aromatic rings. The van der Waals surface area contributed by atoms with E-state index in [4.69, 9.17) is 0 Å². The molecule has 0 aliphatic rings. The topological polar surface area (TPSA) is 0 Å². The van der Waals surface area contributed by atoms with Crippen molar-refractivity contribution in [3.05, 3.63) is 72.4 Å². The van der Waals surface area contributed by atoms with Crippen LogP contribution < -0.4 is 0 Å². The van der Waals surface area contributed by atoms with Gasteiger partial charge in [-0.05, 0) is 96.3 Å². The standard InChI is InChI=1S/C55H100N/c1-4-7-10-13-16-19-22-25-28-31-34-37-40-46-51-56(54-55-49-44-43-45-50-55,52-47-41-38-35-32-29-26-23-20-17-14-11-8-5-2)53-48-42-39-36-33-30-27-24-21-18-15-12-9-6-3/h10-15,43-45,49-50H,4-9,16-42,46-48,51-54H2,1-3H3/q+1/b13-10+,14-11+,15-12+. The molecule has 0 bridgehead atoms. The Kier molecular flexibility index (Phi) is 40.2. The van der Waals surface area contributed by atoms with Crippen molar-refractivity contribution in [2.75, 3.05) is 19.6 Å². The lowest BCUT2D eigenvalue weighted by Crippen LogP contribution is -2.49. The van der Waals surface area contributed by atoms with Gasteiger partial charge in [-0.3, -0.25) is 0 Å². The van der Waals surface area contributed by atoms with Gasteiger partial charge >= 0.3 is 0 Å². The number of benzene rings is 1. The van der Waals surface area contributed by atoms with Crippen LogP contribution in [0.4, 0.5) is 0 Å². The van der Waals surface area contributed by atoms with Crippen molar-refractivity contribution in [2.45, 2.75) is 258 Å². The van der Waals surface area contributed by atoms with Gasteiger partial charge in [0.25, 0.3) is 0 Å². The monoisotopic (exact) mass is 775 g/mol. The quantitative estimate of drug-likeness (QED) is 0.0352. The molecule has 0 heterocycles. The number of hydrogen-bond donors (Lipinski definition) is 0. The Morgan fingerprint density at radius 1 is 0.304 bits per heavy atom. The Balaban J connectivity index is 2.52. The van der Waals surface area contributed by atoms with Crippen molar-refractivity contribution in [3.63, 3.8) is 0 Å². The second-order valence-corrected chi connectivity index (χ2v) is 17.8. The van der Waals surface area contributed by atoms with Gasteiger partial charge in [-0.15, -0.1) is 0 Å². The van der Waals surface area contributed by atoms with E-state index in [0.29, 0.717) is 0 Å². The number of allylic oxidation sites excluding steroid dienone is 6. The second-order valence-electron chi connectivity index (χ2n) is 17.8. The summed E-state index contributed by atoms with van der Waals surface area (Å²) < 4.78 is 1.34. The molecule has 0 radical (unpaired) electrons. The van der Waals surface area contributed by atoms with Crippen LogP contribution in [-0.4, -0.2) is 24.1 Å². The van der Waals surface area contributed by atoms with Crippen LogP contribution in [0.1, 0.15) is 257 Å². The summed E-state index contributed by atoms with van der Waals surface area (Å²) in [5, 5.41) is 0. The highest BCUT2D eigenvalue weighted by atomic mass is 15.3. The van der Waals surface area contributed by atoms with Crippen molar-refractivity contribution in [1.29, 1.82) is 0 Å². The van der Waals surface area contributed by atoms with E-state index in [2.05, 4.69) is 87.6 Å². The predicted octanol–water partition coefficient (Wildman–Crippen LogP) is 18.8. The zero-order valence-corrected chi connectivity index (χ0v) is 38.6. The minimum Gasteiger partial charge on any atom is -0.320 e. The van der Waals surface area contributed by atoms with Crippen LogP contribution in [0, 0.1) is 0 Å². The molecule has 0 fully saturated rings. The van der Waals surface area contributed by atoms with Gasteiger partial charge < -0.3 is 4.48 Å². The first-order chi connectivity index (χ1) is 27.8. The maximum absolute atomic E-state index is 2.41. The van der Waals surface area contributed by atoms with E-state index in [0.717, 1.165) is 0 Å². The molecule has 56 heavy (non-hydrogen) atoms. The van der Waals surface area contributed by atoms with Gasteiger partial charge in [-0.25, -0.2) is 0 Å². The Morgan fingerprint density at radius 2 is 0.554 bits per heavy atom. The Bertz CT molecular complexity index is 879. The van der Waals surface area contributed by atoms with Gasteiger partial charge in [0, 0.05) is 5.56 Å². The highest BCUT2D eigenvalue weighted by Gasteiger charge is 2.26. The van der Waals surface area contributed by atoms with E-state index in [1.165, 1.54) is 262 Å². The van der Waals surface area contributed by atoms with Crippen LogP contribution in [0.3, 0.4) is 0 Å². The lowest BCUT2D eigenvalue weighted by Gasteiger charge is -2.39. The molecule has 0 saturated carbocycles. The molecule has 0 amide bonds. The summed E-state index contributed by atoms with van der Waals surface area (Å²) in [7, 11) is 0. The van der Waals surface area contributed by atoms with Crippen LogP contribution in [0.2, 0.25) is 0 Å². The average Bonchev–Trinajstić information content (AvgIpc) is 3.21. The van der Waals surface area contributed by atoms with Gasteiger partial charge in [0.05, 0.1) is 19.6 Å². The van der Waals surface area contributed by atoms with Crippen molar-refractivity contribution in [1.82, 2.24) is 0 Å². The molecule has 1 heteroatoms. The van der Waals surface area contributed by atoms with E-state index in [-0.39, 0.29) is 0 Å². The number of hydrogen-bond acceptors (Lipinski definition) is 0. The molecular formula is C55H100N+. The maximum Gasteiger partial charge on any atom is 0.104 e. The molecule has 0 spiro atoms. The van der Waals surface area contributed by atoms with E-state index in [1.807, 2.05) is 0 Å². The zero-order valence-electron chi connectivity index (χ0n) is 38.6. The molecule has 0 saturated heterocycles. The fourth-order valence-electron chi connectivity index (χ4n) is 8.59. The van der Waals surface area contributed by atoms with Crippen LogP contribution >= 0.6 is 0 Å². The maximum atomic E-state index is 2.41. The molecule has 0 aromatic heterocycles. The minimum atomic E-state index is 1.25. The van der Waals surface area contributed by atoms with Crippen LogP contribution in [-0.2, 0) is 6.54 Å². The lowest BCUT2D eigenvalue weighted by atomic mass is 10.0. The van der Waals surface area contributed by atoms with E-state index in [1.54, 1.807) is 5.56 Å². The van der Waals surface area contributed by atoms with E-state index < -0.39 is 0 Å². The molecular weight excluding hydrogens is 675 g/mol. The van der Waals surface area contributed by atoms with Crippen molar-refractivity contribution in [3.8, 4) is 0 Å². The van der Waals surface area contributed by atoms with Crippen molar-refractivity contribution in [2.24, 2.45) is 0 Å². The van der Waals surface area contributed by atoms with E-state index in [9.17, 15) is 0 Å². The van der Waals surface area contributed by atoms with Crippen molar-refractivity contribution >= 4 is 0 Å². The normalized spacial score (nSPS) is 12.3. The molecule has 1 aromatic carbocycles. The van der Waals surface area contributed by atoms with Crippen LogP contribution in [0.25, 0.3) is 0 Å². The molecule has 1 nitrogen and oxygen atoms in total. The number of unbranched alkanes of at least 4 members (excludes halogenated alkanes) is 30. The smallest absolute Gasteiger partial charge is 0.104 e. The first-order valence-electron chi connectivity index (χ1n) is 25.6. The summed E-state index contributed by atoms with van der Waals surface area (Å²) in [6.07, 6.45) is 64.4. The third kappa shape index (κ3) is 35.6. The largest absolute Gasteiger partial charge is 0.320 e. The summed E-state index contributed by atoms with van der Waals surface area (Å²) in [6.45, 7) is 12.2. The molecule has 0 atom stereocenters. The van der Waals surface area contributed by atoms with Gasteiger partial charge in [0.1, 0.15) is 6.54 Å². The predicted molar refractivity (Wildman–Crippen MR) is 256 cm³/mol. The first-order valence-corrected chi connectivity index (χ1v) is 25.6. The lowest BCUT2D eigenvalue weighted by molar-refractivity contribution is -0.941. The summed E-state index contributed by atoms with van der Waals surface area (Å²) in [5.41, 5.74) is 1.56. The molecule has 0 aliphatic heterocycles. The first kappa shape index (κ1) is 52.4. The van der Waals surface area contributed by atoms with Gasteiger partial charge in [0.15, 0.2) is 0 Å². The number of quaternary nitrogens is 1. The summed E-state index contributed by atoms with van der Waals surface area (Å²) in [5.74, 6) is 0. The SMILES string of the molecule is CCC/C=C/CCCCCCCCCCC[N+](CCCCCCCCCCC/C=C/CCC)(CCCCCCCCCCC/C=C/CCC)Cc1ccccc1. The highest BCUT2D eigenvalue weighted by molar-refractivity contribution is 5.13. The Labute approximate surface area is 353 Å². The second kappa shape index (κ2) is 43.0. The molecule has 0 unspecified atom stereocenters. The molecule has 0 aliphatic carbocycles. The Hall–Kier alpha value is -1.60. The van der Waals surface area contributed by atoms with Crippen molar-refractivity contribution < 1.29 is 4.48 Å². The van der Waals surface area contributed by atoms with E-state index >= 15 is 0 Å². The minimum absolute atomic E-state index is 1.25. The third-order valence-corrected chi connectivity index (χ3v) is 12.2. The van der Waals surface area contributed by atoms with Crippen LogP contribution in [0.5, 0.6) is 0 Å². The summed E-state index contributed by atoms with van der Waals surface area (Å²) in [4.78, 5) is 0. The van der Waals surface area contributed by atoms with Gasteiger partial charge in [-0.2, -0.15) is 0 Å². The molecule has 1 rings (SSSR count). The zero-order chi connectivity index (χ0) is 40.1. The molecule has 0 N–H and O–H groups in total. The fraction of sp³-hybridized carbons (Fsp3) is 0.782. The average molecular weight is 775 g/mol. The number of nitrogens with zero attached hydrogens (tertiary/aromatic N) is 1. The molecule has 324 valence electrons. The summed E-state index contributed by atoms with van der Waals surface area (Å²) >= 11 is 0. The summed E-state index contributed by atoms with van der Waals surface area (Å²) in [6, 6.07) is 11.6. The van der Waals surface area contributed by atoms with Gasteiger partial charge in [-0.1, -0.05) is 222 Å². The fourth-order valence-corrected chi connectivity index (χ4v) is 8.59. The number of rotatable bonds is 44. The highest BCUT2D eigenvalue weighted by Crippen LogP contribution is 2.23.